The molecule has 132 valence electrons. The van der Waals surface area contributed by atoms with E-state index < -0.39 is 5.91 Å². The number of amides is 1. The number of anilines is 1. The fraction of sp³-hybridized carbons (Fsp3) is 0.688. The van der Waals surface area contributed by atoms with Crippen molar-refractivity contribution in [2.75, 3.05) is 44.2 Å². The van der Waals surface area contributed by atoms with E-state index in [-0.39, 0.29) is 11.3 Å². The first-order valence-electron chi connectivity index (χ1n) is 8.55. The van der Waals surface area contributed by atoms with Gasteiger partial charge in [0.15, 0.2) is 11.0 Å². The Kier molecular flexibility index (Phi) is 5.86. The first-order valence-corrected chi connectivity index (χ1v) is 8.93. The lowest BCUT2D eigenvalue weighted by molar-refractivity contribution is 0.0265. The van der Waals surface area contributed by atoms with Crippen LogP contribution < -0.4 is 10.6 Å². The molecule has 1 amide bonds. The van der Waals surface area contributed by atoms with E-state index in [1.54, 1.807) is 0 Å². The van der Waals surface area contributed by atoms with Gasteiger partial charge in [-0.15, -0.1) is 10.2 Å². The van der Waals surface area contributed by atoms with Gasteiger partial charge in [0, 0.05) is 19.6 Å². The Bertz CT molecular complexity index is 572. The highest BCUT2D eigenvalue weighted by Gasteiger charge is 2.24. The normalized spacial score (nSPS) is 19.8. The monoisotopic (exact) mass is 353 g/mol. The zero-order valence-electron chi connectivity index (χ0n) is 13.8. The van der Waals surface area contributed by atoms with Crippen molar-refractivity contribution in [1.82, 2.24) is 15.1 Å². The van der Waals surface area contributed by atoms with E-state index >= 15 is 0 Å². The van der Waals surface area contributed by atoms with Gasteiger partial charge in [-0.3, -0.25) is 4.79 Å². The Morgan fingerprint density at radius 2 is 1.96 bits per heavy atom. The van der Waals surface area contributed by atoms with Crippen molar-refractivity contribution in [3.05, 3.63) is 16.8 Å². The first-order chi connectivity index (χ1) is 11.6. The van der Waals surface area contributed by atoms with Crippen molar-refractivity contribution in [1.29, 1.82) is 0 Å². The molecule has 2 N–H and O–H groups in total. The van der Waals surface area contributed by atoms with Gasteiger partial charge in [-0.25, -0.2) is 0 Å². The molecule has 24 heavy (non-hydrogen) atoms. The van der Waals surface area contributed by atoms with Gasteiger partial charge in [0.2, 0.25) is 0 Å². The number of hydrogen-bond acceptors (Lipinski definition) is 6. The van der Waals surface area contributed by atoms with Crippen LogP contribution in [0, 0.1) is 0 Å². The molecule has 2 fully saturated rings. The summed E-state index contributed by atoms with van der Waals surface area (Å²) < 4.78 is 6.01. The molecule has 0 aliphatic carbocycles. The highest BCUT2D eigenvalue weighted by atomic mass is 35.5. The molecule has 2 aliphatic rings. The highest BCUT2D eigenvalue weighted by Crippen LogP contribution is 2.24. The molecule has 8 heteroatoms. The van der Waals surface area contributed by atoms with Gasteiger partial charge in [-0.2, -0.15) is 0 Å². The standard InChI is InChI=1S/C16H24ClN5O2/c17-14-11-13(15(18)23)16(20-19-14)22-7-3-12(4-8-22)24-10-9-21-5-1-2-6-21/h11-12H,1-10H2,(H2,18,23). The van der Waals surface area contributed by atoms with Crippen LogP contribution in [0.25, 0.3) is 0 Å². The number of nitrogens with zero attached hydrogens (tertiary/aromatic N) is 4. The molecule has 2 saturated heterocycles. The minimum Gasteiger partial charge on any atom is -0.377 e. The Balaban J connectivity index is 1.49. The minimum absolute atomic E-state index is 0.174. The average molecular weight is 354 g/mol. The number of nitrogens with two attached hydrogens (primary N) is 1. The van der Waals surface area contributed by atoms with Crippen LogP contribution in [0.3, 0.4) is 0 Å². The van der Waals surface area contributed by atoms with Crippen molar-refractivity contribution in [3.8, 4) is 0 Å². The van der Waals surface area contributed by atoms with E-state index in [2.05, 4.69) is 15.1 Å². The maximum Gasteiger partial charge on any atom is 0.252 e. The summed E-state index contributed by atoms with van der Waals surface area (Å²) in [7, 11) is 0. The zero-order chi connectivity index (χ0) is 16.9. The molecule has 3 heterocycles. The molecule has 0 unspecified atom stereocenters. The number of carbonyl (C=O) groups is 1. The van der Waals surface area contributed by atoms with Crippen molar-refractivity contribution >= 4 is 23.3 Å². The molecule has 1 aromatic rings. The molecular weight excluding hydrogens is 330 g/mol. The Labute approximate surface area is 147 Å². The van der Waals surface area contributed by atoms with Crippen molar-refractivity contribution in [2.45, 2.75) is 31.8 Å². The summed E-state index contributed by atoms with van der Waals surface area (Å²) in [5, 5.41) is 8.07. The number of carbonyl (C=O) groups excluding carboxylic acids is 1. The summed E-state index contributed by atoms with van der Waals surface area (Å²) in [5.74, 6) is -0.0202. The van der Waals surface area contributed by atoms with Gasteiger partial charge in [-0.05, 0) is 44.8 Å². The number of rotatable bonds is 6. The Morgan fingerprint density at radius 1 is 1.25 bits per heavy atom. The van der Waals surface area contributed by atoms with Crippen molar-refractivity contribution in [2.24, 2.45) is 5.73 Å². The fourth-order valence-corrected chi connectivity index (χ4v) is 3.51. The third-order valence-electron chi connectivity index (χ3n) is 4.71. The van der Waals surface area contributed by atoms with E-state index in [9.17, 15) is 4.79 Å². The second-order valence-electron chi connectivity index (χ2n) is 6.37. The lowest BCUT2D eigenvalue weighted by atomic mass is 10.1. The number of likely N-dealkylation sites (tertiary alicyclic amines) is 1. The molecular formula is C16H24ClN5O2. The van der Waals surface area contributed by atoms with Crippen LogP contribution in [-0.2, 0) is 4.74 Å². The first kappa shape index (κ1) is 17.4. The molecule has 2 aliphatic heterocycles. The maximum absolute atomic E-state index is 11.6. The molecule has 0 aromatic carbocycles. The average Bonchev–Trinajstić information content (AvgIpc) is 3.09. The second-order valence-corrected chi connectivity index (χ2v) is 6.76. The second kappa shape index (κ2) is 8.09. The van der Waals surface area contributed by atoms with E-state index in [1.807, 2.05) is 4.90 Å². The number of primary amides is 1. The van der Waals surface area contributed by atoms with Crippen LogP contribution in [0.5, 0.6) is 0 Å². The summed E-state index contributed by atoms with van der Waals surface area (Å²) in [6.07, 6.45) is 4.69. The molecule has 0 bridgehead atoms. The summed E-state index contributed by atoms with van der Waals surface area (Å²) in [6, 6.07) is 1.48. The van der Waals surface area contributed by atoms with Crippen LogP contribution in [0.2, 0.25) is 5.15 Å². The third-order valence-corrected chi connectivity index (χ3v) is 4.90. The smallest absolute Gasteiger partial charge is 0.252 e. The lowest BCUT2D eigenvalue weighted by Gasteiger charge is -2.33. The topological polar surface area (TPSA) is 84.6 Å². The van der Waals surface area contributed by atoms with E-state index in [0.717, 1.165) is 39.1 Å². The molecule has 0 radical (unpaired) electrons. The van der Waals surface area contributed by atoms with Crippen molar-refractivity contribution < 1.29 is 9.53 Å². The highest BCUT2D eigenvalue weighted by molar-refractivity contribution is 6.29. The van der Waals surface area contributed by atoms with E-state index in [0.29, 0.717) is 11.4 Å². The summed E-state index contributed by atoms with van der Waals surface area (Å²) >= 11 is 5.81. The van der Waals surface area contributed by atoms with Crippen LogP contribution in [-0.4, -0.2) is 66.4 Å². The largest absolute Gasteiger partial charge is 0.377 e. The fourth-order valence-electron chi connectivity index (χ4n) is 3.37. The molecule has 7 nitrogen and oxygen atoms in total. The van der Waals surface area contributed by atoms with Crippen LogP contribution >= 0.6 is 11.6 Å². The Hall–Kier alpha value is -1.44. The van der Waals surface area contributed by atoms with Gasteiger partial charge < -0.3 is 20.3 Å². The number of ether oxygens (including phenoxy) is 1. The van der Waals surface area contributed by atoms with E-state index in [4.69, 9.17) is 22.1 Å². The van der Waals surface area contributed by atoms with E-state index in [1.165, 1.54) is 32.0 Å². The predicted molar refractivity (Wildman–Crippen MR) is 92.4 cm³/mol. The summed E-state index contributed by atoms with van der Waals surface area (Å²) in [4.78, 5) is 16.1. The van der Waals surface area contributed by atoms with Gasteiger partial charge in [0.05, 0.1) is 18.3 Å². The quantitative estimate of drug-likeness (QED) is 0.830. The van der Waals surface area contributed by atoms with Crippen LogP contribution in [0.1, 0.15) is 36.0 Å². The van der Waals surface area contributed by atoms with Crippen molar-refractivity contribution in [3.63, 3.8) is 0 Å². The lowest BCUT2D eigenvalue weighted by Crippen LogP contribution is -2.39. The maximum atomic E-state index is 11.6. The summed E-state index contributed by atoms with van der Waals surface area (Å²) in [5.41, 5.74) is 5.74. The van der Waals surface area contributed by atoms with Gasteiger partial charge in [0.1, 0.15) is 0 Å². The zero-order valence-corrected chi connectivity index (χ0v) is 14.5. The van der Waals surface area contributed by atoms with Crippen LogP contribution in [0.4, 0.5) is 5.82 Å². The third kappa shape index (κ3) is 4.34. The van der Waals surface area contributed by atoms with Crippen LogP contribution in [0.15, 0.2) is 6.07 Å². The molecule has 3 rings (SSSR count). The van der Waals surface area contributed by atoms with Gasteiger partial charge >= 0.3 is 0 Å². The number of aromatic nitrogens is 2. The predicted octanol–water partition coefficient (Wildman–Crippen LogP) is 1.31. The number of halogens is 1. The van der Waals surface area contributed by atoms with Gasteiger partial charge in [-0.1, -0.05) is 11.6 Å². The number of hydrogen-bond donors (Lipinski definition) is 1. The molecule has 1 aromatic heterocycles. The van der Waals surface area contributed by atoms with Gasteiger partial charge in [0.25, 0.3) is 5.91 Å². The Morgan fingerprint density at radius 3 is 2.62 bits per heavy atom. The SMILES string of the molecule is NC(=O)c1cc(Cl)nnc1N1CCC(OCCN2CCCC2)CC1. The molecule has 0 spiro atoms. The molecule has 0 saturated carbocycles. The number of piperidine rings is 1. The minimum atomic E-state index is -0.536. The molecule has 0 atom stereocenters. The summed E-state index contributed by atoms with van der Waals surface area (Å²) in [6.45, 7) is 5.75.